The number of carboxylic acids is 1. The number of anilines is 2. The zero-order chi connectivity index (χ0) is 15.4. The Bertz CT molecular complexity index is 528. The molecular formula is C16H22N2O3. The third-order valence-corrected chi connectivity index (χ3v) is 4.05. The van der Waals surface area contributed by atoms with Crippen molar-refractivity contribution in [3.05, 3.63) is 24.3 Å². The molecule has 1 fully saturated rings. The fourth-order valence-corrected chi connectivity index (χ4v) is 2.84. The molecule has 0 aromatic heterocycles. The Morgan fingerprint density at radius 1 is 1.19 bits per heavy atom. The zero-order valence-electron chi connectivity index (χ0n) is 12.5. The molecule has 1 aliphatic rings. The van der Waals surface area contributed by atoms with E-state index >= 15 is 0 Å². The van der Waals surface area contributed by atoms with Crippen LogP contribution in [0.25, 0.3) is 0 Å². The Morgan fingerprint density at radius 2 is 1.86 bits per heavy atom. The van der Waals surface area contributed by atoms with E-state index in [9.17, 15) is 14.7 Å². The molecule has 2 N–H and O–H groups in total. The average Bonchev–Trinajstić information content (AvgIpc) is 2.47. The number of aliphatic carboxylic acids is 1. The summed E-state index contributed by atoms with van der Waals surface area (Å²) in [4.78, 5) is 25.6. The van der Waals surface area contributed by atoms with Gasteiger partial charge in [0, 0.05) is 25.5 Å². The molecular weight excluding hydrogens is 268 g/mol. The summed E-state index contributed by atoms with van der Waals surface area (Å²) in [6.45, 7) is 0. The van der Waals surface area contributed by atoms with Crippen molar-refractivity contribution in [3.63, 3.8) is 0 Å². The summed E-state index contributed by atoms with van der Waals surface area (Å²) in [7, 11) is 3.87. The molecule has 1 aromatic carbocycles. The van der Waals surface area contributed by atoms with Crippen molar-refractivity contribution < 1.29 is 14.7 Å². The highest BCUT2D eigenvalue weighted by Gasteiger charge is 2.35. The third kappa shape index (κ3) is 3.74. The lowest BCUT2D eigenvalue weighted by Crippen LogP contribution is -2.36. The number of amides is 1. The lowest BCUT2D eigenvalue weighted by Gasteiger charge is -2.27. The zero-order valence-corrected chi connectivity index (χ0v) is 12.5. The molecule has 5 nitrogen and oxygen atoms in total. The molecule has 1 aromatic rings. The first kappa shape index (κ1) is 15.4. The number of nitrogens with zero attached hydrogens (tertiary/aromatic N) is 1. The fraction of sp³-hybridized carbons (Fsp3) is 0.500. The van der Waals surface area contributed by atoms with Crippen LogP contribution in [-0.4, -0.2) is 31.1 Å². The van der Waals surface area contributed by atoms with Crippen LogP contribution in [0.2, 0.25) is 0 Å². The number of hydrogen-bond donors (Lipinski definition) is 2. The smallest absolute Gasteiger partial charge is 0.307 e. The first-order chi connectivity index (χ1) is 9.99. The highest BCUT2D eigenvalue weighted by molar-refractivity contribution is 5.95. The molecule has 0 saturated heterocycles. The molecule has 21 heavy (non-hydrogen) atoms. The van der Waals surface area contributed by atoms with Gasteiger partial charge in [0.2, 0.25) is 5.91 Å². The van der Waals surface area contributed by atoms with E-state index < -0.39 is 17.8 Å². The summed E-state index contributed by atoms with van der Waals surface area (Å²) < 4.78 is 0. The van der Waals surface area contributed by atoms with E-state index in [4.69, 9.17) is 0 Å². The van der Waals surface area contributed by atoms with E-state index in [1.54, 1.807) is 0 Å². The van der Waals surface area contributed by atoms with Crippen molar-refractivity contribution in [2.24, 2.45) is 11.8 Å². The number of nitrogens with one attached hydrogen (secondary N) is 1. The highest BCUT2D eigenvalue weighted by atomic mass is 16.4. The van der Waals surface area contributed by atoms with Crippen LogP contribution in [-0.2, 0) is 9.59 Å². The van der Waals surface area contributed by atoms with E-state index in [2.05, 4.69) is 5.32 Å². The minimum Gasteiger partial charge on any atom is -0.481 e. The first-order valence-corrected chi connectivity index (χ1v) is 7.30. The predicted molar refractivity (Wildman–Crippen MR) is 82.5 cm³/mol. The molecule has 0 unspecified atom stereocenters. The van der Waals surface area contributed by atoms with Gasteiger partial charge >= 0.3 is 5.97 Å². The molecule has 0 heterocycles. The van der Waals surface area contributed by atoms with Crippen molar-refractivity contribution in [3.8, 4) is 0 Å². The summed E-state index contributed by atoms with van der Waals surface area (Å²) in [6, 6.07) is 7.54. The number of benzene rings is 1. The largest absolute Gasteiger partial charge is 0.481 e. The van der Waals surface area contributed by atoms with Gasteiger partial charge in [-0.1, -0.05) is 18.9 Å². The second kappa shape index (κ2) is 6.61. The van der Waals surface area contributed by atoms with Crippen molar-refractivity contribution in [1.29, 1.82) is 0 Å². The summed E-state index contributed by atoms with van der Waals surface area (Å²) in [6.07, 6.45) is 3.04. The third-order valence-electron chi connectivity index (χ3n) is 4.05. The van der Waals surface area contributed by atoms with E-state index in [0.29, 0.717) is 18.5 Å². The van der Waals surface area contributed by atoms with Crippen LogP contribution in [0.5, 0.6) is 0 Å². The maximum atomic E-state index is 12.4. The highest BCUT2D eigenvalue weighted by Crippen LogP contribution is 2.31. The second-order valence-corrected chi connectivity index (χ2v) is 5.77. The molecule has 0 radical (unpaired) electrons. The lowest BCUT2D eigenvalue weighted by molar-refractivity contribution is -0.147. The normalized spacial score (nSPS) is 21.6. The second-order valence-electron chi connectivity index (χ2n) is 5.77. The molecule has 0 spiro atoms. The minimum atomic E-state index is -0.864. The van der Waals surface area contributed by atoms with Crippen molar-refractivity contribution in [1.82, 2.24) is 0 Å². The van der Waals surface area contributed by atoms with E-state index in [1.807, 2.05) is 43.3 Å². The number of carbonyl (C=O) groups excluding carboxylic acids is 1. The van der Waals surface area contributed by atoms with Crippen molar-refractivity contribution in [2.45, 2.75) is 25.7 Å². The van der Waals surface area contributed by atoms with Crippen LogP contribution in [0.1, 0.15) is 25.7 Å². The topological polar surface area (TPSA) is 69.6 Å². The summed E-state index contributed by atoms with van der Waals surface area (Å²) in [5, 5.41) is 12.1. The SMILES string of the molecule is CN(C)c1cccc(NC(=O)[C@@H]2CCCC[C@@H]2C(=O)O)c1. The van der Waals surface area contributed by atoms with Crippen LogP contribution < -0.4 is 10.2 Å². The van der Waals surface area contributed by atoms with Gasteiger partial charge < -0.3 is 15.3 Å². The quantitative estimate of drug-likeness (QED) is 0.894. The monoisotopic (exact) mass is 290 g/mol. The van der Waals surface area contributed by atoms with Gasteiger partial charge in [0.25, 0.3) is 0 Å². The number of carboxylic acid groups (broad SMARTS) is 1. The van der Waals surface area contributed by atoms with Crippen LogP contribution in [0.15, 0.2) is 24.3 Å². The molecule has 1 saturated carbocycles. The van der Waals surface area contributed by atoms with Crippen molar-refractivity contribution >= 4 is 23.3 Å². The van der Waals surface area contributed by atoms with Gasteiger partial charge in [0.1, 0.15) is 0 Å². The van der Waals surface area contributed by atoms with Crippen LogP contribution in [0, 0.1) is 11.8 Å². The Balaban J connectivity index is 2.09. The molecule has 1 aliphatic carbocycles. The Morgan fingerprint density at radius 3 is 2.48 bits per heavy atom. The van der Waals surface area contributed by atoms with Crippen LogP contribution >= 0.6 is 0 Å². The molecule has 114 valence electrons. The van der Waals surface area contributed by atoms with E-state index in [-0.39, 0.29) is 5.91 Å². The van der Waals surface area contributed by atoms with Crippen LogP contribution in [0.3, 0.4) is 0 Å². The molecule has 2 rings (SSSR count). The molecule has 1 amide bonds. The predicted octanol–water partition coefficient (Wildman–Crippen LogP) is 2.58. The first-order valence-electron chi connectivity index (χ1n) is 7.30. The van der Waals surface area contributed by atoms with Gasteiger partial charge in [0.15, 0.2) is 0 Å². The molecule has 5 heteroatoms. The number of carbonyl (C=O) groups is 2. The summed E-state index contributed by atoms with van der Waals surface area (Å²) in [5.74, 6) is -2.04. The van der Waals surface area contributed by atoms with Gasteiger partial charge in [-0.25, -0.2) is 0 Å². The minimum absolute atomic E-state index is 0.182. The molecule has 0 bridgehead atoms. The Hall–Kier alpha value is -2.04. The summed E-state index contributed by atoms with van der Waals surface area (Å²) >= 11 is 0. The average molecular weight is 290 g/mol. The maximum absolute atomic E-state index is 12.4. The lowest BCUT2D eigenvalue weighted by atomic mass is 9.78. The number of hydrogen-bond acceptors (Lipinski definition) is 3. The van der Waals surface area contributed by atoms with Gasteiger partial charge in [-0.05, 0) is 31.0 Å². The van der Waals surface area contributed by atoms with Crippen molar-refractivity contribution in [2.75, 3.05) is 24.3 Å². The molecule has 0 aliphatic heterocycles. The Kier molecular flexibility index (Phi) is 4.83. The van der Waals surface area contributed by atoms with E-state index in [0.717, 1.165) is 18.5 Å². The standard InChI is InChI=1S/C16H22N2O3/c1-18(2)12-7-5-6-11(10-12)17-15(19)13-8-3-4-9-14(13)16(20)21/h5-7,10,13-14H,3-4,8-9H2,1-2H3,(H,17,19)(H,20,21)/t13-,14+/m1/s1. The summed E-state index contributed by atoms with van der Waals surface area (Å²) in [5.41, 5.74) is 1.70. The van der Waals surface area contributed by atoms with Gasteiger partial charge in [-0.15, -0.1) is 0 Å². The fourth-order valence-electron chi connectivity index (χ4n) is 2.84. The Labute approximate surface area is 125 Å². The molecule has 2 atom stereocenters. The van der Waals surface area contributed by atoms with Crippen LogP contribution in [0.4, 0.5) is 11.4 Å². The van der Waals surface area contributed by atoms with Gasteiger partial charge in [0.05, 0.1) is 11.8 Å². The van der Waals surface area contributed by atoms with E-state index in [1.165, 1.54) is 0 Å². The maximum Gasteiger partial charge on any atom is 0.307 e. The number of rotatable bonds is 4. The van der Waals surface area contributed by atoms with Gasteiger partial charge in [-0.3, -0.25) is 9.59 Å². The van der Waals surface area contributed by atoms with Gasteiger partial charge in [-0.2, -0.15) is 0 Å².